The molecule has 1 aromatic heterocycles. The highest BCUT2D eigenvalue weighted by molar-refractivity contribution is 9.10. The van der Waals surface area contributed by atoms with Gasteiger partial charge in [0.05, 0.1) is 0 Å². The van der Waals surface area contributed by atoms with Crippen LogP contribution in [0.5, 0.6) is 0 Å². The summed E-state index contributed by atoms with van der Waals surface area (Å²) in [6.07, 6.45) is 3.49. The van der Waals surface area contributed by atoms with Gasteiger partial charge in [0.15, 0.2) is 0 Å². The first kappa shape index (κ1) is 22.2. The van der Waals surface area contributed by atoms with E-state index >= 15 is 0 Å². The Balaban J connectivity index is 1.33. The number of anilines is 2. The third-order valence-corrected chi connectivity index (χ3v) is 6.17. The molecule has 5 nitrogen and oxygen atoms in total. The molecule has 1 aliphatic heterocycles. The topological polar surface area (TPSA) is 48.5 Å². The Labute approximate surface area is 194 Å². The summed E-state index contributed by atoms with van der Waals surface area (Å²) in [5, 5.41) is 2.90. The summed E-state index contributed by atoms with van der Waals surface area (Å²) >= 11 is 3.40. The van der Waals surface area contributed by atoms with Gasteiger partial charge in [-0.25, -0.2) is 18.6 Å². The first-order chi connectivity index (χ1) is 15.4. The minimum absolute atomic E-state index is 0.135. The summed E-state index contributed by atoms with van der Waals surface area (Å²) in [6.45, 7) is 1.66. The summed E-state index contributed by atoms with van der Waals surface area (Å²) in [6, 6.07) is 14.2. The number of halogens is 3. The van der Waals surface area contributed by atoms with Crippen LogP contribution in [0.25, 0.3) is 11.1 Å². The zero-order valence-electron chi connectivity index (χ0n) is 17.6. The quantitative estimate of drug-likeness (QED) is 0.483. The average Bonchev–Trinajstić information content (AvgIpc) is 2.79. The lowest BCUT2D eigenvalue weighted by atomic mass is 10.0. The van der Waals surface area contributed by atoms with Crippen LogP contribution in [0.3, 0.4) is 0 Å². The number of piperidine rings is 1. The molecule has 0 radical (unpaired) electrons. The van der Waals surface area contributed by atoms with Crippen molar-refractivity contribution in [3.8, 4) is 11.1 Å². The standard InChI is InChI=1S/C24H23BrF2N4O/c1-30(22-8-10-31(11-9-22)23-7-4-18(25)15-28-23)24(32)29-21-5-2-16(3-6-21)17-12-19(26)14-20(27)13-17/h2-7,12-15,22H,8-11H2,1H3,(H,29,32). The molecule has 2 aromatic carbocycles. The van der Waals surface area contributed by atoms with Crippen molar-refractivity contribution in [2.45, 2.75) is 18.9 Å². The van der Waals surface area contributed by atoms with Gasteiger partial charge in [0.2, 0.25) is 0 Å². The molecule has 4 rings (SSSR count). The molecule has 2 amide bonds. The van der Waals surface area contributed by atoms with Gasteiger partial charge >= 0.3 is 6.03 Å². The van der Waals surface area contributed by atoms with Crippen LogP contribution in [0.15, 0.2) is 65.3 Å². The maximum atomic E-state index is 13.5. The number of carbonyl (C=O) groups is 1. The number of benzene rings is 2. The van der Waals surface area contributed by atoms with Gasteiger partial charge in [0.1, 0.15) is 17.5 Å². The molecule has 0 bridgehead atoms. The second-order valence-corrected chi connectivity index (χ2v) is 8.75. The molecular formula is C24H23BrF2N4O. The van der Waals surface area contributed by atoms with Gasteiger partial charge in [0.25, 0.3) is 0 Å². The van der Waals surface area contributed by atoms with Crippen molar-refractivity contribution in [1.29, 1.82) is 0 Å². The number of hydrogen-bond acceptors (Lipinski definition) is 3. The minimum atomic E-state index is -0.624. The van der Waals surface area contributed by atoms with Crippen molar-refractivity contribution in [3.05, 3.63) is 76.9 Å². The number of amides is 2. The highest BCUT2D eigenvalue weighted by Crippen LogP contribution is 2.25. The molecule has 1 N–H and O–H groups in total. The Morgan fingerprint density at radius 3 is 2.28 bits per heavy atom. The molecule has 8 heteroatoms. The Bertz CT molecular complexity index is 1060. The molecule has 2 heterocycles. The van der Waals surface area contributed by atoms with Crippen LogP contribution < -0.4 is 10.2 Å². The molecule has 3 aromatic rings. The van der Waals surface area contributed by atoms with Gasteiger partial charge in [-0.15, -0.1) is 0 Å². The van der Waals surface area contributed by atoms with Crippen LogP contribution in [-0.4, -0.2) is 42.1 Å². The Kier molecular flexibility index (Phi) is 6.69. The van der Waals surface area contributed by atoms with Crippen LogP contribution in [0.4, 0.5) is 25.1 Å². The Morgan fingerprint density at radius 2 is 1.69 bits per heavy atom. The monoisotopic (exact) mass is 500 g/mol. The normalized spacial score (nSPS) is 14.3. The second-order valence-electron chi connectivity index (χ2n) is 7.83. The van der Waals surface area contributed by atoms with E-state index in [0.717, 1.165) is 42.3 Å². The van der Waals surface area contributed by atoms with E-state index in [0.29, 0.717) is 16.8 Å². The lowest BCUT2D eigenvalue weighted by molar-refractivity contribution is 0.193. The lowest BCUT2D eigenvalue weighted by Crippen LogP contribution is -2.47. The fourth-order valence-corrected chi connectivity index (χ4v) is 4.12. The van der Waals surface area contributed by atoms with Crippen LogP contribution in [0.1, 0.15) is 12.8 Å². The van der Waals surface area contributed by atoms with Crippen molar-refractivity contribution < 1.29 is 13.6 Å². The Morgan fingerprint density at radius 1 is 1.03 bits per heavy atom. The largest absolute Gasteiger partial charge is 0.356 e. The van der Waals surface area contributed by atoms with E-state index in [1.807, 2.05) is 12.1 Å². The summed E-state index contributed by atoms with van der Waals surface area (Å²) in [5.41, 5.74) is 1.74. The first-order valence-electron chi connectivity index (χ1n) is 10.4. The predicted octanol–water partition coefficient (Wildman–Crippen LogP) is 5.92. The zero-order chi connectivity index (χ0) is 22.7. The van der Waals surface area contributed by atoms with Crippen LogP contribution in [0.2, 0.25) is 0 Å². The number of urea groups is 1. The summed E-state index contributed by atoms with van der Waals surface area (Å²) in [5.74, 6) is -0.307. The SMILES string of the molecule is CN(C(=O)Nc1ccc(-c2cc(F)cc(F)c2)cc1)C1CCN(c2ccc(Br)cn2)CC1. The maximum Gasteiger partial charge on any atom is 0.321 e. The van der Waals surface area contributed by atoms with E-state index < -0.39 is 11.6 Å². The number of rotatable bonds is 4. The molecule has 0 spiro atoms. The molecule has 0 unspecified atom stereocenters. The van der Waals surface area contributed by atoms with Gasteiger partial charge in [-0.05, 0) is 76.3 Å². The predicted molar refractivity (Wildman–Crippen MR) is 126 cm³/mol. The van der Waals surface area contributed by atoms with Gasteiger partial charge in [-0.1, -0.05) is 12.1 Å². The maximum absolute atomic E-state index is 13.5. The van der Waals surface area contributed by atoms with Crippen LogP contribution in [-0.2, 0) is 0 Å². The number of nitrogens with zero attached hydrogens (tertiary/aromatic N) is 3. The van der Waals surface area contributed by atoms with E-state index in [2.05, 4.69) is 31.1 Å². The molecule has 166 valence electrons. The van der Waals surface area contributed by atoms with Crippen molar-refractivity contribution in [2.24, 2.45) is 0 Å². The molecule has 0 saturated carbocycles. The smallest absolute Gasteiger partial charge is 0.321 e. The van der Waals surface area contributed by atoms with Crippen molar-refractivity contribution in [3.63, 3.8) is 0 Å². The highest BCUT2D eigenvalue weighted by atomic mass is 79.9. The third-order valence-electron chi connectivity index (χ3n) is 5.70. The van der Waals surface area contributed by atoms with E-state index in [4.69, 9.17) is 0 Å². The zero-order valence-corrected chi connectivity index (χ0v) is 19.1. The number of hydrogen-bond donors (Lipinski definition) is 1. The molecule has 1 fully saturated rings. The molecule has 1 saturated heterocycles. The fourth-order valence-electron chi connectivity index (χ4n) is 3.88. The molecule has 32 heavy (non-hydrogen) atoms. The number of nitrogens with one attached hydrogen (secondary N) is 1. The summed E-state index contributed by atoms with van der Waals surface area (Å²) in [4.78, 5) is 21.1. The molecule has 1 aliphatic rings. The second kappa shape index (κ2) is 9.65. The van der Waals surface area contributed by atoms with E-state index in [9.17, 15) is 13.6 Å². The van der Waals surface area contributed by atoms with Crippen LogP contribution in [0, 0.1) is 11.6 Å². The fraction of sp³-hybridized carbons (Fsp3) is 0.250. The van der Waals surface area contributed by atoms with Crippen molar-refractivity contribution in [2.75, 3.05) is 30.4 Å². The highest BCUT2D eigenvalue weighted by Gasteiger charge is 2.26. The summed E-state index contributed by atoms with van der Waals surface area (Å²) < 4.78 is 27.9. The Hall–Kier alpha value is -3.00. The number of carbonyl (C=O) groups excluding carboxylic acids is 1. The molecule has 0 aliphatic carbocycles. The van der Waals surface area contributed by atoms with Crippen molar-refractivity contribution >= 4 is 33.5 Å². The van der Waals surface area contributed by atoms with Gasteiger partial charge in [-0.3, -0.25) is 0 Å². The van der Waals surface area contributed by atoms with E-state index in [1.165, 1.54) is 12.1 Å². The third kappa shape index (κ3) is 5.24. The van der Waals surface area contributed by atoms with E-state index in [-0.39, 0.29) is 12.1 Å². The lowest BCUT2D eigenvalue weighted by Gasteiger charge is -2.37. The van der Waals surface area contributed by atoms with Crippen molar-refractivity contribution in [1.82, 2.24) is 9.88 Å². The minimum Gasteiger partial charge on any atom is -0.356 e. The molecular weight excluding hydrogens is 478 g/mol. The summed E-state index contributed by atoms with van der Waals surface area (Å²) in [7, 11) is 1.80. The number of pyridine rings is 1. The average molecular weight is 501 g/mol. The number of aromatic nitrogens is 1. The van der Waals surface area contributed by atoms with Crippen LogP contribution >= 0.6 is 15.9 Å². The van der Waals surface area contributed by atoms with Gasteiger partial charge in [-0.2, -0.15) is 0 Å². The van der Waals surface area contributed by atoms with Gasteiger partial charge in [0, 0.05) is 48.6 Å². The first-order valence-corrected chi connectivity index (χ1v) is 11.2. The molecule has 0 atom stereocenters. The van der Waals surface area contributed by atoms with Gasteiger partial charge < -0.3 is 15.1 Å². The van der Waals surface area contributed by atoms with E-state index in [1.54, 1.807) is 42.4 Å².